The van der Waals surface area contributed by atoms with Crippen LogP contribution < -0.4 is 16.2 Å². The lowest BCUT2D eigenvalue weighted by atomic mass is 9.61. The van der Waals surface area contributed by atoms with E-state index in [1.165, 1.54) is 5.57 Å². The van der Waals surface area contributed by atoms with Crippen LogP contribution in [0.3, 0.4) is 0 Å². The van der Waals surface area contributed by atoms with E-state index < -0.39 is 0 Å². The molecule has 3 aromatic rings. The van der Waals surface area contributed by atoms with Crippen LogP contribution in [0, 0.1) is 5.41 Å². The van der Waals surface area contributed by atoms with Gasteiger partial charge in [-0.3, -0.25) is 24.5 Å². The van der Waals surface area contributed by atoms with Crippen molar-refractivity contribution >= 4 is 22.5 Å². The van der Waals surface area contributed by atoms with Gasteiger partial charge in [0, 0.05) is 56.7 Å². The van der Waals surface area contributed by atoms with Crippen molar-refractivity contribution in [1.29, 1.82) is 0 Å². The van der Waals surface area contributed by atoms with Crippen molar-refractivity contribution in [3.8, 4) is 0 Å². The molecule has 3 N–H and O–H groups in total. The highest BCUT2D eigenvalue weighted by atomic mass is 16.2. The number of carbonyl (C=O) groups excluding carboxylic acids is 1. The highest BCUT2D eigenvalue weighted by molar-refractivity contribution is 5.92. The largest absolute Gasteiger partial charge is 0.348 e. The third-order valence-corrected chi connectivity index (χ3v) is 7.97. The van der Waals surface area contributed by atoms with Crippen LogP contribution >= 0.6 is 0 Å². The average Bonchev–Trinajstić information content (AvgIpc) is 2.85. The molecule has 5 heterocycles. The summed E-state index contributed by atoms with van der Waals surface area (Å²) in [4.78, 5) is 39.1. The number of aryl methyl sites for hydroxylation is 1. The molecule has 0 unspecified atom stereocenters. The number of carbonyl (C=O) groups is 1. The van der Waals surface area contributed by atoms with Gasteiger partial charge in [-0.15, -0.1) is 0 Å². The standard InChI is InChI=1S/C28H32N6O2/c1-2-19-10-24-25(33-26(19)35)9-18(13-30-24)15-34-7-5-20(6-8-34)21-3-4-23(31-14-21)27(36)32-22-11-28(12-22)16-29-17-28/h3-5,9-10,13-14,22,29H,2,6-8,11-12,15-17H2,1H3,(H,32,36)(H,33,35). The number of fused-ring (bicyclic) bond motifs is 1. The van der Waals surface area contributed by atoms with Gasteiger partial charge in [0.1, 0.15) is 5.69 Å². The van der Waals surface area contributed by atoms with Crippen LogP contribution in [0.15, 0.2) is 47.5 Å². The second kappa shape index (κ2) is 9.26. The predicted molar refractivity (Wildman–Crippen MR) is 140 cm³/mol. The molecule has 6 rings (SSSR count). The van der Waals surface area contributed by atoms with Gasteiger partial charge in [0.25, 0.3) is 11.5 Å². The molecular formula is C28H32N6O2. The molecule has 186 valence electrons. The van der Waals surface area contributed by atoms with Crippen LogP contribution in [-0.4, -0.2) is 58.0 Å². The Bertz CT molecular complexity index is 1380. The van der Waals surface area contributed by atoms with E-state index in [4.69, 9.17) is 0 Å². The van der Waals surface area contributed by atoms with Crippen LogP contribution in [0.25, 0.3) is 16.6 Å². The third-order valence-electron chi connectivity index (χ3n) is 7.97. The normalized spacial score (nSPS) is 19.5. The fourth-order valence-corrected chi connectivity index (χ4v) is 5.72. The summed E-state index contributed by atoms with van der Waals surface area (Å²) in [6.45, 7) is 6.67. The monoisotopic (exact) mass is 484 g/mol. The lowest BCUT2D eigenvalue weighted by Crippen LogP contribution is -2.65. The van der Waals surface area contributed by atoms with Gasteiger partial charge in [-0.05, 0) is 66.0 Å². The van der Waals surface area contributed by atoms with Crippen LogP contribution in [0.1, 0.15) is 53.4 Å². The summed E-state index contributed by atoms with van der Waals surface area (Å²) in [6, 6.07) is 8.03. The summed E-state index contributed by atoms with van der Waals surface area (Å²) >= 11 is 0. The van der Waals surface area contributed by atoms with Crippen molar-refractivity contribution in [2.45, 2.75) is 45.2 Å². The molecule has 1 saturated carbocycles. The van der Waals surface area contributed by atoms with Gasteiger partial charge in [-0.25, -0.2) is 0 Å². The first-order valence-corrected chi connectivity index (χ1v) is 12.9. The van der Waals surface area contributed by atoms with Gasteiger partial charge in [0.05, 0.1) is 11.0 Å². The SMILES string of the molecule is CCc1cc2ncc(CN3CC=C(c4ccc(C(=O)NC5CC6(CNC6)C5)nc4)CC3)cc2[nH]c1=O. The lowest BCUT2D eigenvalue weighted by Gasteiger charge is -2.54. The number of pyridine rings is 3. The minimum absolute atomic E-state index is 0.0331. The number of nitrogens with zero attached hydrogens (tertiary/aromatic N) is 3. The second-order valence-electron chi connectivity index (χ2n) is 10.6. The molecule has 0 atom stereocenters. The number of amides is 1. The summed E-state index contributed by atoms with van der Waals surface area (Å²) < 4.78 is 0. The molecule has 2 aliphatic heterocycles. The first-order chi connectivity index (χ1) is 17.5. The smallest absolute Gasteiger partial charge is 0.270 e. The number of aromatic nitrogens is 3. The first-order valence-electron chi connectivity index (χ1n) is 12.9. The maximum Gasteiger partial charge on any atom is 0.270 e. The number of hydrogen-bond acceptors (Lipinski definition) is 6. The Morgan fingerprint density at radius 3 is 2.72 bits per heavy atom. The molecule has 1 saturated heterocycles. The van der Waals surface area contributed by atoms with E-state index in [0.29, 0.717) is 17.5 Å². The molecule has 0 bridgehead atoms. The Hall–Kier alpha value is -3.36. The molecule has 8 heteroatoms. The van der Waals surface area contributed by atoms with Gasteiger partial charge in [-0.1, -0.05) is 19.1 Å². The van der Waals surface area contributed by atoms with E-state index in [0.717, 1.165) is 79.7 Å². The van der Waals surface area contributed by atoms with Crippen molar-refractivity contribution in [2.75, 3.05) is 26.2 Å². The summed E-state index contributed by atoms with van der Waals surface area (Å²) in [7, 11) is 0. The summed E-state index contributed by atoms with van der Waals surface area (Å²) in [5.41, 5.74) is 6.69. The Morgan fingerprint density at radius 2 is 2.06 bits per heavy atom. The van der Waals surface area contributed by atoms with Gasteiger partial charge in [0.2, 0.25) is 0 Å². The summed E-state index contributed by atoms with van der Waals surface area (Å²) in [6.07, 6.45) is 9.72. The maximum absolute atomic E-state index is 12.6. The van der Waals surface area contributed by atoms with E-state index in [2.05, 4.69) is 36.6 Å². The van der Waals surface area contributed by atoms with Crippen molar-refractivity contribution in [1.82, 2.24) is 30.5 Å². The van der Waals surface area contributed by atoms with Gasteiger partial charge in [0.15, 0.2) is 0 Å². The minimum atomic E-state index is -0.0752. The molecule has 3 aliphatic rings. The zero-order valence-corrected chi connectivity index (χ0v) is 20.6. The van der Waals surface area contributed by atoms with Crippen LogP contribution in [0.2, 0.25) is 0 Å². The summed E-state index contributed by atoms with van der Waals surface area (Å²) in [5.74, 6) is -0.0752. The Morgan fingerprint density at radius 1 is 1.19 bits per heavy atom. The number of hydrogen-bond donors (Lipinski definition) is 3. The van der Waals surface area contributed by atoms with E-state index in [-0.39, 0.29) is 17.5 Å². The van der Waals surface area contributed by atoms with Gasteiger partial charge in [-0.2, -0.15) is 0 Å². The molecule has 1 aliphatic carbocycles. The van der Waals surface area contributed by atoms with Crippen molar-refractivity contribution < 1.29 is 4.79 Å². The Balaban J connectivity index is 1.05. The number of H-pyrrole nitrogens is 1. The van der Waals surface area contributed by atoms with E-state index in [9.17, 15) is 9.59 Å². The third kappa shape index (κ3) is 4.47. The Labute approximate surface area is 210 Å². The quantitative estimate of drug-likeness (QED) is 0.497. The molecule has 8 nitrogen and oxygen atoms in total. The highest BCUT2D eigenvalue weighted by Crippen LogP contribution is 2.44. The fraction of sp³-hybridized carbons (Fsp3) is 0.429. The minimum Gasteiger partial charge on any atom is -0.348 e. The van der Waals surface area contributed by atoms with Gasteiger partial charge >= 0.3 is 0 Å². The van der Waals surface area contributed by atoms with Crippen molar-refractivity contribution in [2.24, 2.45) is 5.41 Å². The van der Waals surface area contributed by atoms with Crippen molar-refractivity contribution in [3.63, 3.8) is 0 Å². The number of rotatable bonds is 6. The zero-order chi connectivity index (χ0) is 24.7. The molecule has 3 aromatic heterocycles. The van der Waals surface area contributed by atoms with Crippen molar-refractivity contribution in [3.05, 3.63) is 75.5 Å². The molecule has 36 heavy (non-hydrogen) atoms. The number of nitrogens with one attached hydrogen (secondary N) is 3. The van der Waals surface area contributed by atoms with Crippen LogP contribution in [0.4, 0.5) is 0 Å². The first kappa shape index (κ1) is 23.1. The number of aromatic amines is 1. The van der Waals surface area contributed by atoms with Crippen LogP contribution in [-0.2, 0) is 13.0 Å². The van der Waals surface area contributed by atoms with E-state index in [1.807, 2.05) is 43.6 Å². The van der Waals surface area contributed by atoms with Crippen LogP contribution in [0.5, 0.6) is 0 Å². The second-order valence-corrected chi connectivity index (χ2v) is 10.6. The molecule has 0 radical (unpaired) electrons. The fourth-order valence-electron chi connectivity index (χ4n) is 5.72. The lowest BCUT2D eigenvalue weighted by molar-refractivity contribution is 0.0231. The molecule has 1 amide bonds. The molecule has 1 spiro atoms. The van der Waals surface area contributed by atoms with Gasteiger partial charge < -0.3 is 15.6 Å². The molecular weight excluding hydrogens is 452 g/mol. The summed E-state index contributed by atoms with van der Waals surface area (Å²) in [5, 5.41) is 6.45. The van der Waals surface area contributed by atoms with E-state index in [1.54, 1.807) is 0 Å². The molecule has 0 aromatic carbocycles. The predicted octanol–water partition coefficient (Wildman–Crippen LogP) is 2.65. The average molecular weight is 485 g/mol. The highest BCUT2D eigenvalue weighted by Gasteiger charge is 2.48. The molecule has 2 fully saturated rings. The maximum atomic E-state index is 12.6. The topological polar surface area (TPSA) is 103 Å². The Kier molecular flexibility index (Phi) is 5.93. The zero-order valence-electron chi connectivity index (χ0n) is 20.6. The van der Waals surface area contributed by atoms with E-state index >= 15 is 0 Å².